The van der Waals surface area contributed by atoms with E-state index in [1.165, 1.54) is 0 Å². The van der Waals surface area contributed by atoms with E-state index in [1.807, 2.05) is 62.4 Å². The highest BCUT2D eigenvalue weighted by molar-refractivity contribution is 5.95. The number of aliphatic imine (C=N–C) groups is 1. The first kappa shape index (κ1) is 22.3. The van der Waals surface area contributed by atoms with E-state index in [0.717, 1.165) is 23.2 Å². The van der Waals surface area contributed by atoms with Crippen molar-refractivity contribution in [2.75, 3.05) is 18.9 Å². The van der Waals surface area contributed by atoms with Crippen LogP contribution in [0.15, 0.2) is 53.5 Å². The third-order valence-corrected chi connectivity index (χ3v) is 5.49. The fraction of sp³-hybridized carbons (Fsp3) is 0.375. The van der Waals surface area contributed by atoms with Crippen LogP contribution in [0.2, 0.25) is 0 Å². The molecule has 2 aromatic rings. The lowest BCUT2D eigenvalue weighted by Crippen LogP contribution is -2.40. The average molecular weight is 422 g/mol. The fourth-order valence-electron chi connectivity index (χ4n) is 3.54. The summed E-state index contributed by atoms with van der Waals surface area (Å²) in [7, 11) is 1.72. The van der Waals surface area contributed by atoms with Gasteiger partial charge >= 0.3 is 0 Å². The number of hydrogen-bond donors (Lipinski definition) is 4. The number of hydrogen-bond acceptors (Lipinski definition) is 3. The molecule has 0 fully saturated rings. The topological polar surface area (TPSA) is 94.6 Å². The lowest BCUT2D eigenvalue weighted by atomic mass is 9.90. The van der Waals surface area contributed by atoms with Gasteiger partial charge in [-0.1, -0.05) is 37.3 Å². The van der Waals surface area contributed by atoms with Crippen LogP contribution in [0.3, 0.4) is 0 Å². The summed E-state index contributed by atoms with van der Waals surface area (Å²) in [4.78, 5) is 28.7. The van der Waals surface area contributed by atoms with Crippen molar-refractivity contribution >= 4 is 23.5 Å². The number of benzene rings is 2. The van der Waals surface area contributed by atoms with E-state index in [-0.39, 0.29) is 23.8 Å². The Morgan fingerprint density at radius 3 is 2.77 bits per heavy atom. The van der Waals surface area contributed by atoms with Gasteiger partial charge in [0, 0.05) is 49.8 Å². The van der Waals surface area contributed by atoms with Gasteiger partial charge in [-0.15, -0.1) is 0 Å². The van der Waals surface area contributed by atoms with E-state index < -0.39 is 0 Å². The van der Waals surface area contributed by atoms with Gasteiger partial charge < -0.3 is 21.3 Å². The second-order valence-electron chi connectivity index (χ2n) is 7.83. The molecule has 164 valence electrons. The summed E-state index contributed by atoms with van der Waals surface area (Å²) < 4.78 is 0. The number of rotatable bonds is 7. The van der Waals surface area contributed by atoms with Gasteiger partial charge in [0.1, 0.15) is 0 Å². The van der Waals surface area contributed by atoms with Crippen LogP contribution in [0.4, 0.5) is 5.69 Å². The number of anilines is 1. The minimum Gasteiger partial charge on any atom is -0.356 e. The summed E-state index contributed by atoms with van der Waals surface area (Å²) >= 11 is 0. The van der Waals surface area contributed by atoms with E-state index in [9.17, 15) is 9.59 Å². The van der Waals surface area contributed by atoms with E-state index in [1.54, 1.807) is 7.05 Å². The van der Waals surface area contributed by atoms with Crippen LogP contribution in [0, 0.1) is 0 Å². The zero-order valence-corrected chi connectivity index (χ0v) is 18.4. The molecule has 7 heteroatoms. The van der Waals surface area contributed by atoms with E-state index >= 15 is 0 Å². The van der Waals surface area contributed by atoms with E-state index in [0.29, 0.717) is 31.0 Å². The first-order valence-corrected chi connectivity index (χ1v) is 10.7. The molecule has 0 aliphatic carbocycles. The Morgan fingerprint density at radius 2 is 2.00 bits per heavy atom. The predicted octanol–water partition coefficient (Wildman–Crippen LogP) is 3.01. The molecule has 1 aliphatic rings. The first-order chi connectivity index (χ1) is 15.0. The Labute approximate surface area is 183 Å². The van der Waals surface area contributed by atoms with Gasteiger partial charge in [-0.2, -0.15) is 0 Å². The molecule has 7 nitrogen and oxygen atoms in total. The van der Waals surface area contributed by atoms with Crippen molar-refractivity contribution in [3.05, 3.63) is 65.2 Å². The second kappa shape index (κ2) is 10.6. The fourth-order valence-corrected chi connectivity index (χ4v) is 3.54. The monoisotopic (exact) mass is 421 g/mol. The SMILES string of the molecule is CCC(C)NC(=O)c1cccc(CNC(=NC)NCC2CC(=O)Nc3ccccc32)c1. The molecule has 2 aromatic carbocycles. The molecule has 2 unspecified atom stereocenters. The minimum atomic E-state index is -0.0621. The molecular weight excluding hydrogens is 390 g/mol. The Hall–Kier alpha value is -3.35. The summed E-state index contributed by atoms with van der Waals surface area (Å²) in [5.41, 5.74) is 3.64. The van der Waals surface area contributed by atoms with Crippen molar-refractivity contribution in [3.63, 3.8) is 0 Å². The van der Waals surface area contributed by atoms with Gasteiger partial charge in [-0.3, -0.25) is 14.6 Å². The number of nitrogens with one attached hydrogen (secondary N) is 4. The standard InChI is InChI=1S/C24H31N5O2/c1-4-16(2)28-23(31)18-9-7-8-17(12-18)14-26-24(25-3)27-15-19-13-22(30)29-21-11-6-5-10-20(19)21/h5-12,16,19H,4,13-15H2,1-3H3,(H,28,31)(H,29,30)(H2,25,26,27). The number of amides is 2. The van der Waals surface area contributed by atoms with Crippen LogP contribution < -0.4 is 21.3 Å². The molecule has 0 saturated heterocycles. The molecule has 0 aromatic heterocycles. The van der Waals surface area contributed by atoms with Crippen molar-refractivity contribution in [1.29, 1.82) is 0 Å². The molecular formula is C24H31N5O2. The Balaban J connectivity index is 1.56. The van der Waals surface area contributed by atoms with Crippen LogP contribution in [0.5, 0.6) is 0 Å². The van der Waals surface area contributed by atoms with Crippen molar-refractivity contribution in [2.45, 2.75) is 45.2 Å². The summed E-state index contributed by atoms with van der Waals surface area (Å²) in [5, 5.41) is 12.5. The Bertz CT molecular complexity index is 956. The van der Waals surface area contributed by atoms with Crippen molar-refractivity contribution in [2.24, 2.45) is 4.99 Å². The highest BCUT2D eigenvalue weighted by atomic mass is 16.2. The molecule has 1 heterocycles. The van der Waals surface area contributed by atoms with Crippen LogP contribution in [0.1, 0.15) is 54.1 Å². The summed E-state index contributed by atoms with van der Waals surface area (Å²) in [6.45, 7) is 5.17. The van der Waals surface area contributed by atoms with Gasteiger partial charge in [0.05, 0.1) is 0 Å². The van der Waals surface area contributed by atoms with E-state index in [2.05, 4.69) is 26.3 Å². The zero-order valence-electron chi connectivity index (χ0n) is 18.4. The number of fused-ring (bicyclic) bond motifs is 1. The van der Waals surface area contributed by atoms with Gasteiger partial charge in [-0.25, -0.2) is 0 Å². The Morgan fingerprint density at radius 1 is 1.19 bits per heavy atom. The van der Waals surface area contributed by atoms with Crippen LogP contribution in [-0.4, -0.2) is 37.4 Å². The second-order valence-corrected chi connectivity index (χ2v) is 7.83. The highest BCUT2D eigenvalue weighted by Crippen LogP contribution is 2.31. The molecule has 0 bridgehead atoms. The van der Waals surface area contributed by atoms with Crippen molar-refractivity contribution in [3.8, 4) is 0 Å². The molecule has 0 saturated carbocycles. The molecule has 2 atom stereocenters. The zero-order chi connectivity index (χ0) is 22.2. The highest BCUT2D eigenvalue weighted by Gasteiger charge is 2.24. The first-order valence-electron chi connectivity index (χ1n) is 10.7. The molecule has 31 heavy (non-hydrogen) atoms. The third-order valence-electron chi connectivity index (χ3n) is 5.49. The van der Waals surface area contributed by atoms with Crippen LogP contribution in [-0.2, 0) is 11.3 Å². The van der Waals surface area contributed by atoms with Crippen molar-refractivity contribution in [1.82, 2.24) is 16.0 Å². The summed E-state index contributed by atoms with van der Waals surface area (Å²) in [6.07, 6.45) is 1.33. The Kier molecular flexibility index (Phi) is 7.65. The number of para-hydroxylation sites is 1. The quantitative estimate of drug-likeness (QED) is 0.408. The molecule has 3 rings (SSSR count). The molecule has 1 aliphatic heterocycles. The van der Waals surface area contributed by atoms with E-state index in [4.69, 9.17) is 0 Å². The molecule has 0 radical (unpaired) electrons. The number of nitrogens with zero attached hydrogens (tertiary/aromatic N) is 1. The maximum Gasteiger partial charge on any atom is 0.251 e. The normalized spacial score (nSPS) is 16.7. The van der Waals surface area contributed by atoms with Gasteiger partial charge in [-0.05, 0) is 42.7 Å². The van der Waals surface area contributed by atoms with Crippen LogP contribution >= 0.6 is 0 Å². The molecule has 4 N–H and O–H groups in total. The lowest BCUT2D eigenvalue weighted by molar-refractivity contribution is -0.116. The largest absolute Gasteiger partial charge is 0.356 e. The van der Waals surface area contributed by atoms with Gasteiger partial charge in [0.2, 0.25) is 5.91 Å². The molecule has 0 spiro atoms. The van der Waals surface area contributed by atoms with Gasteiger partial charge in [0.15, 0.2) is 5.96 Å². The number of carbonyl (C=O) groups is 2. The van der Waals surface area contributed by atoms with Gasteiger partial charge in [0.25, 0.3) is 5.91 Å². The third kappa shape index (κ3) is 6.07. The number of guanidine groups is 1. The van der Waals surface area contributed by atoms with Crippen LogP contribution in [0.25, 0.3) is 0 Å². The number of carbonyl (C=O) groups excluding carboxylic acids is 2. The minimum absolute atomic E-state index is 0.0286. The maximum atomic E-state index is 12.4. The lowest BCUT2D eigenvalue weighted by Gasteiger charge is -2.26. The smallest absolute Gasteiger partial charge is 0.251 e. The predicted molar refractivity (Wildman–Crippen MR) is 124 cm³/mol. The molecule has 2 amide bonds. The average Bonchev–Trinajstić information content (AvgIpc) is 2.79. The summed E-state index contributed by atoms with van der Waals surface area (Å²) in [5.74, 6) is 0.697. The van der Waals surface area contributed by atoms with Crippen molar-refractivity contribution < 1.29 is 9.59 Å². The summed E-state index contributed by atoms with van der Waals surface area (Å²) in [6, 6.07) is 15.6. The maximum absolute atomic E-state index is 12.4.